The van der Waals surface area contributed by atoms with Gasteiger partial charge in [-0.05, 0) is 50.2 Å². The summed E-state index contributed by atoms with van der Waals surface area (Å²) in [4.78, 5) is 17.0. The fourth-order valence-electron chi connectivity index (χ4n) is 2.83. The number of ether oxygens (including phenoxy) is 2. The fraction of sp³-hybridized carbons (Fsp3) is 0.273. The van der Waals surface area contributed by atoms with Crippen molar-refractivity contribution in [2.24, 2.45) is 0 Å². The third-order valence-corrected chi connectivity index (χ3v) is 4.12. The molecule has 6 nitrogen and oxygen atoms in total. The number of benzene rings is 2. The second-order valence-electron chi connectivity index (χ2n) is 6.10. The molecular formula is C22H25N3O3. The molecule has 2 N–H and O–H groups in total. The zero-order valence-corrected chi connectivity index (χ0v) is 16.2. The zero-order valence-electron chi connectivity index (χ0n) is 16.2. The van der Waals surface area contributed by atoms with Crippen LogP contribution in [0.1, 0.15) is 24.2 Å². The predicted octanol–water partition coefficient (Wildman–Crippen LogP) is 3.87. The van der Waals surface area contributed by atoms with Gasteiger partial charge in [-0.2, -0.15) is 0 Å². The van der Waals surface area contributed by atoms with E-state index in [1.807, 2.05) is 50.2 Å². The lowest BCUT2D eigenvalue weighted by Crippen LogP contribution is -2.28. The van der Waals surface area contributed by atoms with E-state index in [0.29, 0.717) is 43.4 Å². The van der Waals surface area contributed by atoms with Crippen LogP contribution >= 0.6 is 0 Å². The predicted molar refractivity (Wildman–Crippen MR) is 111 cm³/mol. The Kier molecular flexibility index (Phi) is 6.68. The lowest BCUT2D eigenvalue weighted by Gasteiger charge is -2.13. The molecule has 2 aromatic carbocycles. The average molecular weight is 379 g/mol. The molecule has 1 aromatic heterocycles. The SMILES string of the molecule is CCOc1ccc(C(=O)NCCNc2ccc3ccccc3n2)cc1OCC. The van der Waals surface area contributed by atoms with Crippen molar-refractivity contribution in [1.82, 2.24) is 10.3 Å². The summed E-state index contributed by atoms with van der Waals surface area (Å²) >= 11 is 0. The fourth-order valence-corrected chi connectivity index (χ4v) is 2.83. The van der Waals surface area contributed by atoms with Gasteiger partial charge in [-0.15, -0.1) is 0 Å². The highest BCUT2D eigenvalue weighted by Crippen LogP contribution is 2.28. The van der Waals surface area contributed by atoms with Gasteiger partial charge in [0.1, 0.15) is 5.82 Å². The van der Waals surface area contributed by atoms with Crippen LogP contribution in [0.2, 0.25) is 0 Å². The molecule has 0 fully saturated rings. The van der Waals surface area contributed by atoms with Crippen LogP contribution in [0.25, 0.3) is 10.9 Å². The third kappa shape index (κ3) is 4.91. The molecule has 0 radical (unpaired) electrons. The Bertz CT molecular complexity index is 943. The average Bonchev–Trinajstić information content (AvgIpc) is 2.72. The monoisotopic (exact) mass is 379 g/mol. The van der Waals surface area contributed by atoms with E-state index < -0.39 is 0 Å². The topological polar surface area (TPSA) is 72.5 Å². The van der Waals surface area contributed by atoms with Crippen molar-refractivity contribution in [3.63, 3.8) is 0 Å². The Morgan fingerprint density at radius 2 is 1.71 bits per heavy atom. The molecule has 0 aliphatic heterocycles. The minimum Gasteiger partial charge on any atom is -0.490 e. The maximum atomic E-state index is 12.4. The number of hydrogen-bond acceptors (Lipinski definition) is 5. The van der Waals surface area contributed by atoms with Gasteiger partial charge < -0.3 is 20.1 Å². The first-order valence-corrected chi connectivity index (χ1v) is 9.48. The number of para-hydroxylation sites is 1. The van der Waals surface area contributed by atoms with E-state index in [-0.39, 0.29) is 5.91 Å². The van der Waals surface area contributed by atoms with Crippen LogP contribution in [0.4, 0.5) is 5.82 Å². The van der Waals surface area contributed by atoms with E-state index in [1.54, 1.807) is 18.2 Å². The Morgan fingerprint density at radius 1 is 0.929 bits per heavy atom. The molecule has 0 spiro atoms. The zero-order chi connectivity index (χ0) is 19.8. The van der Waals surface area contributed by atoms with Crippen LogP contribution in [0.15, 0.2) is 54.6 Å². The summed E-state index contributed by atoms with van der Waals surface area (Å²) in [5, 5.41) is 7.23. The summed E-state index contributed by atoms with van der Waals surface area (Å²) in [6.45, 7) is 5.91. The van der Waals surface area contributed by atoms with Crippen molar-refractivity contribution < 1.29 is 14.3 Å². The first-order valence-electron chi connectivity index (χ1n) is 9.48. The molecule has 3 rings (SSSR count). The first kappa shape index (κ1) is 19.5. The molecule has 146 valence electrons. The van der Waals surface area contributed by atoms with Gasteiger partial charge in [-0.3, -0.25) is 4.79 Å². The van der Waals surface area contributed by atoms with Gasteiger partial charge >= 0.3 is 0 Å². The van der Waals surface area contributed by atoms with E-state index in [0.717, 1.165) is 16.7 Å². The summed E-state index contributed by atoms with van der Waals surface area (Å²) in [5.74, 6) is 1.85. The maximum Gasteiger partial charge on any atom is 0.251 e. The van der Waals surface area contributed by atoms with E-state index in [2.05, 4.69) is 15.6 Å². The van der Waals surface area contributed by atoms with Crippen molar-refractivity contribution in [2.45, 2.75) is 13.8 Å². The van der Waals surface area contributed by atoms with Crippen molar-refractivity contribution in [1.29, 1.82) is 0 Å². The number of amides is 1. The normalized spacial score (nSPS) is 10.5. The highest BCUT2D eigenvalue weighted by Gasteiger charge is 2.11. The van der Waals surface area contributed by atoms with Gasteiger partial charge in [0.05, 0.1) is 18.7 Å². The molecule has 1 amide bonds. The Labute approximate surface area is 164 Å². The summed E-state index contributed by atoms with van der Waals surface area (Å²) in [6.07, 6.45) is 0. The van der Waals surface area contributed by atoms with Gasteiger partial charge in [0.2, 0.25) is 0 Å². The summed E-state index contributed by atoms with van der Waals surface area (Å²) in [5.41, 5.74) is 1.48. The molecule has 0 saturated heterocycles. The van der Waals surface area contributed by atoms with Gasteiger partial charge in [-0.1, -0.05) is 18.2 Å². The Hall–Kier alpha value is -3.28. The second kappa shape index (κ2) is 9.60. The molecular weight excluding hydrogens is 354 g/mol. The van der Waals surface area contributed by atoms with Gasteiger partial charge in [0.25, 0.3) is 5.91 Å². The number of carbonyl (C=O) groups excluding carboxylic acids is 1. The quantitative estimate of drug-likeness (QED) is 0.552. The molecule has 0 saturated carbocycles. The van der Waals surface area contributed by atoms with E-state index in [1.165, 1.54) is 0 Å². The summed E-state index contributed by atoms with van der Waals surface area (Å²) < 4.78 is 11.1. The largest absolute Gasteiger partial charge is 0.490 e. The minimum atomic E-state index is -0.155. The van der Waals surface area contributed by atoms with E-state index in [9.17, 15) is 4.79 Å². The number of fused-ring (bicyclic) bond motifs is 1. The molecule has 0 atom stereocenters. The number of carbonyl (C=O) groups is 1. The molecule has 0 aliphatic carbocycles. The van der Waals surface area contributed by atoms with Gasteiger partial charge in [0.15, 0.2) is 11.5 Å². The highest BCUT2D eigenvalue weighted by atomic mass is 16.5. The van der Waals surface area contributed by atoms with Crippen LogP contribution < -0.4 is 20.1 Å². The number of anilines is 1. The number of hydrogen-bond donors (Lipinski definition) is 2. The van der Waals surface area contributed by atoms with Crippen LogP contribution in [0.3, 0.4) is 0 Å². The summed E-state index contributed by atoms with van der Waals surface area (Å²) in [7, 11) is 0. The number of pyridine rings is 1. The van der Waals surface area contributed by atoms with Crippen molar-refractivity contribution in [3.8, 4) is 11.5 Å². The van der Waals surface area contributed by atoms with E-state index >= 15 is 0 Å². The highest BCUT2D eigenvalue weighted by molar-refractivity contribution is 5.94. The molecule has 6 heteroatoms. The molecule has 0 bridgehead atoms. The van der Waals surface area contributed by atoms with Gasteiger partial charge in [0, 0.05) is 24.0 Å². The second-order valence-corrected chi connectivity index (χ2v) is 6.10. The van der Waals surface area contributed by atoms with Crippen molar-refractivity contribution in [3.05, 3.63) is 60.2 Å². The number of aromatic nitrogens is 1. The van der Waals surface area contributed by atoms with E-state index in [4.69, 9.17) is 9.47 Å². The molecule has 3 aromatic rings. The van der Waals surface area contributed by atoms with Crippen LogP contribution in [0, 0.1) is 0 Å². The molecule has 0 unspecified atom stereocenters. The number of rotatable bonds is 9. The number of nitrogens with zero attached hydrogens (tertiary/aromatic N) is 1. The smallest absolute Gasteiger partial charge is 0.251 e. The Balaban J connectivity index is 1.54. The summed E-state index contributed by atoms with van der Waals surface area (Å²) in [6, 6.07) is 17.1. The molecule has 0 aliphatic rings. The van der Waals surface area contributed by atoms with Crippen LogP contribution in [0.5, 0.6) is 11.5 Å². The third-order valence-electron chi connectivity index (χ3n) is 4.12. The maximum absolute atomic E-state index is 12.4. The molecule has 1 heterocycles. The lowest BCUT2D eigenvalue weighted by atomic mass is 10.2. The van der Waals surface area contributed by atoms with Crippen molar-refractivity contribution in [2.75, 3.05) is 31.6 Å². The Morgan fingerprint density at radius 3 is 2.54 bits per heavy atom. The van der Waals surface area contributed by atoms with Gasteiger partial charge in [-0.25, -0.2) is 4.98 Å². The van der Waals surface area contributed by atoms with Crippen molar-refractivity contribution >= 4 is 22.6 Å². The number of nitrogens with one attached hydrogen (secondary N) is 2. The lowest BCUT2D eigenvalue weighted by molar-refractivity contribution is 0.0954. The first-order chi connectivity index (χ1) is 13.7. The minimum absolute atomic E-state index is 0.155. The van der Waals surface area contributed by atoms with Crippen LogP contribution in [-0.2, 0) is 0 Å². The molecule has 28 heavy (non-hydrogen) atoms. The van der Waals surface area contributed by atoms with Crippen LogP contribution in [-0.4, -0.2) is 37.2 Å². The standard InChI is InChI=1S/C22H25N3O3/c1-3-27-19-11-9-17(15-20(19)28-4-2)22(26)24-14-13-23-21-12-10-16-7-5-6-8-18(16)25-21/h5-12,15H,3-4,13-14H2,1-2H3,(H,23,25)(H,24,26).